The number of benzene rings is 2. The Morgan fingerprint density at radius 2 is 1.68 bits per heavy atom. The molecule has 3 atom stereocenters. The molecule has 0 spiro atoms. The van der Waals surface area contributed by atoms with Crippen LogP contribution in [0.1, 0.15) is 60.8 Å². The molecule has 3 aliphatic carbocycles. The van der Waals surface area contributed by atoms with E-state index in [4.69, 9.17) is 4.74 Å². The van der Waals surface area contributed by atoms with Gasteiger partial charge in [0.05, 0.1) is 0 Å². The third-order valence-electron chi connectivity index (χ3n) is 5.51. The van der Waals surface area contributed by atoms with Crippen LogP contribution < -0.4 is 10.1 Å². The molecule has 2 N–H and O–H groups in total. The maximum absolute atomic E-state index is 10.2. The molecule has 5 rings (SSSR count). The van der Waals surface area contributed by atoms with Gasteiger partial charge in [0.1, 0.15) is 18.5 Å². The average Bonchev–Trinajstić information content (AvgIpc) is 2.65. The highest BCUT2D eigenvalue weighted by atomic mass is 16.5. The second-order valence-electron chi connectivity index (χ2n) is 7.60. The predicted molar refractivity (Wildman–Crippen MR) is 100 cm³/mol. The minimum absolute atomic E-state index is 0.329. The first-order valence-electron chi connectivity index (χ1n) is 9.41. The van der Waals surface area contributed by atoms with Crippen LogP contribution in [-0.4, -0.2) is 30.4 Å². The second-order valence-corrected chi connectivity index (χ2v) is 7.60. The number of rotatable bonds is 6. The van der Waals surface area contributed by atoms with Gasteiger partial charge < -0.3 is 15.2 Å². The van der Waals surface area contributed by atoms with Crippen molar-refractivity contribution in [3.8, 4) is 5.75 Å². The van der Waals surface area contributed by atoms with Gasteiger partial charge in [0.2, 0.25) is 0 Å². The Bertz CT molecular complexity index is 755. The maximum Gasteiger partial charge on any atom is 0.123 e. The topological polar surface area (TPSA) is 41.5 Å². The molecular formula is C22H27NO2. The molecule has 3 aliphatic rings. The molecule has 0 saturated heterocycles. The van der Waals surface area contributed by atoms with Crippen molar-refractivity contribution < 1.29 is 9.84 Å². The van der Waals surface area contributed by atoms with E-state index in [2.05, 4.69) is 61.6 Å². The lowest BCUT2D eigenvalue weighted by Crippen LogP contribution is -2.35. The first-order valence-corrected chi connectivity index (χ1v) is 9.41. The van der Waals surface area contributed by atoms with Gasteiger partial charge in [-0.3, -0.25) is 0 Å². The molecule has 0 radical (unpaired) electrons. The Hall–Kier alpha value is -1.84. The first-order chi connectivity index (χ1) is 12.1. The van der Waals surface area contributed by atoms with Crippen molar-refractivity contribution >= 4 is 0 Å². The number of aliphatic hydroxyl groups excluding tert-OH is 1. The Kier molecular flexibility index (Phi) is 4.53. The highest BCUT2D eigenvalue weighted by Crippen LogP contribution is 2.55. The van der Waals surface area contributed by atoms with Crippen molar-refractivity contribution in [1.82, 2.24) is 5.32 Å². The third kappa shape index (κ3) is 3.07. The van der Waals surface area contributed by atoms with Crippen LogP contribution >= 0.6 is 0 Å². The Labute approximate surface area is 150 Å². The standard InChI is InChI=1S/C22H27NO2/c1-14(2)23-12-15(24)13-25-21-9-5-8-19-18-10-11-20(22(19)21)17-7-4-3-6-16(17)18/h3-9,14-15,18,20,23-24H,10-13H2,1-2H3. The second kappa shape index (κ2) is 6.81. The summed E-state index contributed by atoms with van der Waals surface area (Å²) in [6, 6.07) is 15.6. The molecule has 0 aliphatic heterocycles. The van der Waals surface area contributed by atoms with E-state index in [1.807, 2.05) is 0 Å². The zero-order valence-corrected chi connectivity index (χ0v) is 15.0. The van der Waals surface area contributed by atoms with Gasteiger partial charge in [-0.25, -0.2) is 0 Å². The summed E-state index contributed by atoms with van der Waals surface area (Å²) in [6.07, 6.45) is 1.91. The molecule has 2 aromatic carbocycles. The van der Waals surface area contributed by atoms with E-state index >= 15 is 0 Å². The van der Waals surface area contributed by atoms with Crippen molar-refractivity contribution in [3.63, 3.8) is 0 Å². The van der Waals surface area contributed by atoms with Crippen LogP contribution in [0.4, 0.5) is 0 Å². The van der Waals surface area contributed by atoms with Crippen LogP contribution in [0.15, 0.2) is 42.5 Å². The Morgan fingerprint density at radius 3 is 2.44 bits per heavy atom. The molecule has 25 heavy (non-hydrogen) atoms. The molecule has 3 nitrogen and oxygen atoms in total. The van der Waals surface area contributed by atoms with Crippen molar-refractivity contribution in [2.75, 3.05) is 13.2 Å². The minimum Gasteiger partial charge on any atom is -0.491 e. The molecule has 132 valence electrons. The van der Waals surface area contributed by atoms with E-state index in [0.29, 0.717) is 31.0 Å². The lowest BCUT2D eigenvalue weighted by molar-refractivity contribution is 0.104. The van der Waals surface area contributed by atoms with Crippen molar-refractivity contribution in [1.29, 1.82) is 0 Å². The summed E-state index contributed by atoms with van der Waals surface area (Å²) >= 11 is 0. The van der Waals surface area contributed by atoms with E-state index in [9.17, 15) is 5.11 Å². The molecular weight excluding hydrogens is 310 g/mol. The molecule has 0 saturated carbocycles. The SMILES string of the molecule is CC(C)NCC(O)COc1cccc2c1C1CCC2c2ccccc21. The highest BCUT2D eigenvalue weighted by Gasteiger charge is 2.38. The van der Waals surface area contributed by atoms with Gasteiger partial charge in [-0.05, 0) is 35.6 Å². The maximum atomic E-state index is 10.2. The third-order valence-corrected chi connectivity index (χ3v) is 5.51. The monoisotopic (exact) mass is 337 g/mol. The predicted octanol–water partition coefficient (Wildman–Crippen LogP) is 3.80. The summed E-state index contributed by atoms with van der Waals surface area (Å²) in [6.45, 7) is 5.04. The summed E-state index contributed by atoms with van der Waals surface area (Å²) < 4.78 is 6.08. The van der Waals surface area contributed by atoms with E-state index in [-0.39, 0.29) is 0 Å². The molecule has 2 bridgehead atoms. The van der Waals surface area contributed by atoms with Gasteiger partial charge in [-0.2, -0.15) is 0 Å². The number of nitrogens with one attached hydrogen (secondary N) is 1. The van der Waals surface area contributed by atoms with Gasteiger partial charge in [0, 0.05) is 30.0 Å². The molecule has 2 aromatic rings. The lowest BCUT2D eigenvalue weighted by Gasteiger charge is -2.41. The zero-order valence-electron chi connectivity index (χ0n) is 15.0. The van der Waals surface area contributed by atoms with Gasteiger partial charge >= 0.3 is 0 Å². The number of hydrogen-bond acceptors (Lipinski definition) is 3. The number of aliphatic hydroxyl groups is 1. The smallest absolute Gasteiger partial charge is 0.123 e. The largest absolute Gasteiger partial charge is 0.491 e. The molecule has 0 fully saturated rings. The summed E-state index contributed by atoms with van der Waals surface area (Å²) in [4.78, 5) is 0. The summed E-state index contributed by atoms with van der Waals surface area (Å²) in [5.41, 5.74) is 5.72. The van der Waals surface area contributed by atoms with Gasteiger partial charge in [0.15, 0.2) is 0 Å². The number of ether oxygens (including phenoxy) is 1. The van der Waals surface area contributed by atoms with E-state index in [1.165, 1.54) is 35.1 Å². The van der Waals surface area contributed by atoms with Crippen LogP contribution in [0.2, 0.25) is 0 Å². The number of hydrogen-bond donors (Lipinski definition) is 2. The van der Waals surface area contributed by atoms with E-state index < -0.39 is 6.10 Å². The van der Waals surface area contributed by atoms with Crippen molar-refractivity contribution in [2.45, 2.75) is 50.7 Å². The van der Waals surface area contributed by atoms with Crippen LogP contribution in [-0.2, 0) is 0 Å². The fraction of sp³-hybridized carbons (Fsp3) is 0.455. The van der Waals surface area contributed by atoms with Crippen LogP contribution in [0, 0.1) is 0 Å². The van der Waals surface area contributed by atoms with E-state index in [0.717, 1.165) is 5.75 Å². The quantitative estimate of drug-likeness (QED) is 0.842. The summed E-state index contributed by atoms with van der Waals surface area (Å²) in [7, 11) is 0. The van der Waals surface area contributed by atoms with Crippen LogP contribution in [0.5, 0.6) is 5.75 Å². The zero-order chi connectivity index (χ0) is 17.4. The van der Waals surface area contributed by atoms with Gasteiger partial charge in [-0.15, -0.1) is 0 Å². The van der Waals surface area contributed by atoms with Crippen molar-refractivity contribution in [2.24, 2.45) is 0 Å². The molecule has 0 aromatic heterocycles. The average molecular weight is 337 g/mol. The Balaban J connectivity index is 1.57. The van der Waals surface area contributed by atoms with Crippen LogP contribution in [0.25, 0.3) is 0 Å². The molecule has 0 heterocycles. The lowest BCUT2D eigenvalue weighted by atomic mass is 9.63. The molecule has 3 unspecified atom stereocenters. The van der Waals surface area contributed by atoms with Gasteiger partial charge in [0.25, 0.3) is 0 Å². The van der Waals surface area contributed by atoms with Crippen LogP contribution in [0.3, 0.4) is 0 Å². The molecule has 3 heteroatoms. The minimum atomic E-state index is -0.494. The van der Waals surface area contributed by atoms with E-state index in [1.54, 1.807) is 0 Å². The molecule has 0 amide bonds. The Morgan fingerprint density at radius 1 is 1.00 bits per heavy atom. The fourth-order valence-corrected chi connectivity index (χ4v) is 4.39. The first kappa shape index (κ1) is 16.6. The fourth-order valence-electron chi connectivity index (χ4n) is 4.39. The summed E-state index contributed by atoms with van der Waals surface area (Å²) in [5.74, 6) is 1.87. The summed E-state index contributed by atoms with van der Waals surface area (Å²) in [5, 5.41) is 13.4. The highest BCUT2D eigenvalue weighted by molar-refractivity contribution is 5.59. The van der Waals surface area contributed by atoms with Crippen molar-refractivity contribution in [3.05, 3.63) is 64.7 Å². The number of fused-ring (bicyclic) bond motifs is 1. The van der Waals surface area contributed by atoms with Gasteiger partial charge in [-0.1, -0.05) is 50.2 Å². The normalized spacial score (nSPS) is 21.8.